The zero-order valence-corrected chi connectivity index (χ0v) is 12.6. The van der Waals surface area contributed by atoms with Gasteiger partial charge >= 0.3 is 5.97 Å². The summed E-state index contributed by atoms with van der Waals surface area (Å²) in [6.07, 6.45) is 1.88. The van der Waals surface area contributed by atoms with E-state index in [0.29, 0.717) is 39.1 Å². The SMILES string of the molecule is CCOC(=O)C1CCN(S(=O)(=O)N[C@@H]2CCNC2)CC1. The molecule has 0 amide bonds. The van der Waals surface area contributed by atoms with E-state index in [1.807, 2.05) is 0 Å². The summed E-state index contributed by atoms with van der Waals surface area (Å²) in [6, 6.07) is -0.0252. The van der Waals surface area contributed by atoms with Gasteiger partial charge < -0.3 is 10.1 Å². The Morgan fingerprint density at radius 2 is 2.05 bits per heavy atom. The van der Waals surface area contributed by atoms with Gasteiger partial charge in [-0.15, -0.1) is 0 Å². The van der Waals surface area contributed by atoms with Crippen LogP contribution in [0.3, 0.4) is 0 Å². The molecule has 7 nitrogen and oxygen atoms in total. The van der Waals surface area contributed by atoms with E-state index in [-0.39, 0.29) is 17.9 Å². The third-order valence-electron chi connectivity index (χ3n) is 3.79. The third kappa shape index (κ3) is 3.91. The Bertz CT molecular complexity index is 426. The highest BCUT2D eigenvalue weighted by molar-refractivity contribution is 7.87. The lowest BCUT2D eigenvalue weighted by molar-refractivity contribution is -0.149. The largest absolute Gasteiger partial charge is 0.466 e. The second kappa shape index (κ2) is 6.84. The maximum Gasteiger partial charge on any atom is 0.309 e. The van der Waals surface area contributed by atoms with Crippen molar-refractivity contribution in [2.75, 3.05) is 32.8 Å². The van der Waals surface area contributed by atoms with Gasteiger partial charge in [-0.3, -0.25) is 4.79 Å². The minimum Gasteiger partial charge on any atom is -0.466 e. The average Bonchev–Trinajstić information content (AvgIpc) is 2.91. The van der Waals surface area contributed by atoms with Crippen molar-refractivity contribution in [2.45, 2.75) is 32.2 Å². The van der Waals surface area contributed by atoms with Crippen LogP contribution in [0.4, 0.5) is 0 Å². The lowest BCUT2D eigenvalue weighted by Gasteiger charge is -2.30. The Balaban J connectivity index is 1.84. The van der Waals surface area contributed by atoms with Crippen LogP contribution in [0.2, 0.25) is 0 Å². The number of ether oxygens (including phenoxy) is 1. The van der Waals surface area contributed by atoms with Crippen molar-refractivity contribution in [1.29, 1.82) is 0 Å². The van der Waals surface area contributed by atoms with Gasteiger partial charge in [0.1, 0.15) is 0 Å². The number of nitrogens with zero attached hydrogens (tertiary/aromatic N) is 1. The van der Waals surface area contributed by atoms with Gasteiger partial charge in [0.25, 0.3) is 10.2 Å². The topological polar surface area (TPSA) is 87.7 Å². The fourth-order valence-corrected chi connectivity index (χ4v) is 4.10. The number of hydrogen-bond acceptors (Lipinski definition) is 5. The Morgan fingerprint density at radius 1 is 1.35 bits per heavy atom. The Labute approximate surface area is 120 Å². The van der Waals surface area contributed by atoms with Gasteiger partial charge in [0.2, 0.25) is 0 Å². The average molecular weight is 305 g/mol. The number of carbonyl (C=O) groups is 1. The fourth-order valence-electron chi connectivity index (χ4n) is 2.63. The van der Waals surface area contributed by atoms with E-state index in [9.17, 15) is 13.2 Å². The second-order valence-electron chi connectivity index (χ2n) is 5.24. The van der Waals surface area contributed by atoms with Crippen molar-refractivity contribution in [2.24, 2.45) is 5.92 Å². The Hall–Kier alpha value is -0.700. The molecule has 116 valence electrons. The summed E-state index contributed by atoms with van der Waals surface area (Å²) in [5.41, 5.74) is 0. The quantitative estimate of drug-likeness (QED) is 0.666. The molecule has 0 bridgehead atoms. The molecule has 2 fully saturated rings. The fraction of sp³-hybridized carbons (Fsp3) is 0.917. The first kappa shape index (κ1) is 15.7. The summed E-state index contributed by atoms with van der Waals surface area (Å²) in [5.74, 6) is -0.382. The van der Waals surface area contributed by atoms with Crippen LogP contribution in [0.1, 0.15) is 26.2 Å². The number of hydrogen-bond donors (Lipinski definition) is 2. The van der Waals surface area contributed by atoms with E-state index in [2.05, 4.69) is 10.0 Å². The molecule has 0 radical (unpaired) electrons. The van der Waals surface area contributed by atoms with Gasteiger partial charge in [-0.25, -0.2) is 0 Å². The normalized spacial score (nSPS) is 25.8. The summed E-state index contributed by atoms with van der Waals surface area (Å²) in [4.78, 5) is 11.6. The molecular weight excluding hydrogens is 282 g/mol. The first-order valence-corrected chi connectivity index (χ1v) is 8.61. The number of carbonyl (C=O) groups excluding carboxylic acids is 1. The highest BCUT2D eigenvalue weighted by atomic mass is 32.2. The van der Waals surface area contributed by atoms with Crippen molar-refractivity contribution in [3.8, 4) is 0 Å². The van der Waals surface area contributed by atoms with Crippen molar-refractivity contribution >= 4 is 16.2 Å². The van der Waals surface area contributed by atoms with Crippen LogP contribution >= 0.6 is 0 Å². The van der Waals surface area contributed by atoms with Crippen LogP contribution in [0.15, 0.2) is 0 Å². The molecule has 2 aliphatic rings. The van der Waals surface area contributed by atoms with Crippen LogP contribution in [-0.4, -0.2) is 57.5 Å². The van der Waals surface area contributed by atoms with Crippen molar-refractivity contribution in [3.05, 3.63) is 0 Å². The minimum absolute atomic E-state index is 0.0252. The first-order chi connectivity index (χ1) is 9.53. The van der Waals surface area contributed by atoms with Crippen LogP contribution < -0.4 is 10.0 Å². The zero-order chi connectivity index (χ0) is 14.6. The standard InChI is InChI=1S/C12H23N3O4S/c1-2-19-12(16)10-4-7-15(8-5-10)20(17,18)14-11-3-6-13-9-11/h10-11,13-14H,2-9H2,1H3/t11-/m1/s1. The van der Waals surface area contributed by atoms with E-state index in [1.165, 1.54) is 4.31 Å². The molecule has 0 aromatic carbocycles. The predicted molar refractivity (Wildman–Crippen MR) is 74.3 cm³/mol. The predicted octanol–water partition coefficient (Wildman–Crippen LogP) is -0.542. The van der Waals surface area contributed by atoms with Crippen LogP contribution in [0.5, 0.6) is 0 Å². The van der Waals surface area contributed by atoms with E-state index in [4.69, 9.17) is 4.74 Å². The summed E-state index contributed by atoms with van der Waals surface area (Å²) >= 11 is 0. The molecule has 0 spiro atoms. The molecule has 8 heteroatoms. The van der Waals surface area contributed by atoms with Gasteiger partial charge in [-0.1, -0.05) is 0 Å². The number of piperidine rings is 1. The summed E-state index contributed by atoms with van der Waals surface area (Å²) in [6.45, 7) is 4.42. The number of rotatable bonds is 5. The lowest BCUT2D eigenvalue weighted by Crippen LogP contribution is -2.49. The third-order valence-corrected chi connectivity index (χ3v) is 5.47. The maximum absolute atomic E-state index is 12.2. The van der Waals surface area contributed by atoms with Crippen molar-refractivity contribution in [1.82, 2.24) is 14.3 Å². The van der Waals surface area contributed by atoms with Crippen LogP contribution in [-0.2, 0) is 19.7 Å². The molecule has 2 saturated heterocycles. The van der Waals surface area contributed by atoms with Crippen LogP contribution in [0, 0.1) is 5.92 Å². The van der Waals surface area contributed by atoms with E-state index in [1.54, 1.807) is 6.92 Å². The van der Waals surface area contributed by atoms with E-state index < -0.39 is 10.2 Å². The number of esters is 1. The van der Waals surface area contributed by atoms with Gasteiger partial charge in [0, 0.05) is 25.7 Å². The molecule has 0 aliphatic carbocycles. The van der Waals surface area contributed by atoms with Crippen LogP contribution in [0.25, 0.3) is 0 Å². The highest BCUT2D eigenvalue weighted by Gasteiger charge is 2.33. The van der Waals surface area contributed by atoms with Crippen molar-refractivity contribution in [3.63, 3.8) is 0 Å². The minimum atomic E-state index is -3.44. The van der Waals surface area contributed by atoms with Gasteiger partial charge in [-0.2, -0.15) is 17.4 Å². The highest BCUT2D eigenvalue weighted by Crippen LogP contribution is 2.20. The molecule has 0 unspecified atom stereocenters. The molecule has 2 aliphatic heterocycles. The lowest BCUT2D eigenvalue weighted by atomic mass is 9.98. The first-order valence-electron chi connectivity index (χ1n) is 7.17. The van der Waals surface area contributed by atoms with E-state index in [0.717, 1.165) is 13.0 Å². The van der Waals surface area contributed by atoms with Crippen molar-refractivity contribution < 1.29 is 17.9 Å². The molecular formula is C12H23N3O4S. The summed E-state index contributed by atoms with van der Waals surface area (Å²) < 4.78 is 33.6. The molecule has 0 saturated carbocycles. The molecule has 2 heterocycles. The molecule has 0 aromatic heterocycles. The van der Waals surface area contributed by atoms with E-state index >= 15 is 0 Å². The monoisotopic (exact) mass is 305 g/mol. The summed E-state index contributed by atoms with van der Waals surface area (Å²) in [7, 11) is -3.44. The molecule has 2 rings (SSSR count). The smallest absolute Gasteiger partial charge is 0.309 e. The van der Waals surface area contributed by atoms with Gasteiger partial charge in [0.15, 0.2) is 0 Å². The number of nitrogens with one attached hydrogen (secondary N) is 2. The molecule has 20 heavy (non-hydrogen) atoms. The van der Waals surface area contributed by atoms with Gasteiger partial charge in [-0.05, 0) is 32.7 Å². The Morgan fingerprint density at radius 3 is 2.60 bits per heavy atom. The summed E-state index contributed by atoms with van der Waals surface area (Å²) in [5, 5.41) is 3.13. The zero-order valence-electron chi connectivity index (χ0n) is 11.8. The molecule has 2 N–H and O–H groups in total. The van der Waals surface area contributed by atoms with Gasteiger partial charge in [0.05, 0.1) is 12.5 Å². The molecule has 1 atom stereocenters. The second-order valence-corrected chi connectivity index (χ2v) is 6.94. The molecule has 0 aromatic rings. The maximum atomic E-state index is 12.2. The Kier molecular flexibility index (Phi) is 5.36.